The van der Waals surface area contributed by atoms with E-state index in [1.165, 1.54) is 30.4 Å². The number of nitro groups is 1. The van der Waals surface area contributed by atoms with Crippen LogP contribution < -0.4 is 19.6 Å². The molecule has 4 rings (SSSR count). The molecule has 0 spiro atoms. The largest absolute Gasteiger partial charge is 0.496 e. The quantitative estimate of drug-likeness (QED) is 0.351. The molecule has 158 valence electrons. The first kappa shape index (κ1) is 19.9. The molecule has 0 saturated heterocycles. The van der Waals surface area contributed by atoms with E-state index in [9.17, 15) is 14.9 Å². The van der Waals surface area contributed by atoms with Crippen LogP contribution in [-0.2, 0) is 6.54 Å². The van der Waals surface area contributed by atoms with Crippen LogP contribution in [0, 0.1) is 10.1 Å². The second-order valence-electron chi connectivity index (χ2n) is 6.49. The van der Waals surface area contributed by atoms with Crippen molar-refractivity contribution < 1.29 is 23.9 Å². The number of fused-ring (bicyclic) bond motifs is 1. The summed E-state index contributed by atoms with van der Waals surface area (Å²) < 4.78 is 17.3. The number of nitrogens with one attached hydrogen (secondary N) is 1. The first-order valence-corrected chi connectivity index (χ1v) is 9.10. The van der Waals surface area contributed by atoms with Crippen LogP contribution in [0.25, 0.3) is 0 Å². The Bertz CT molecular complexity index is 1170. The van der Waals surface area contributed by atoms with E-state index >= 15 is 0 Å². The fourth-order valence-corrected chi connectivity index (χ4v) is 2.98. The van der Waals surface area contributed by atoms with Crippen molar-refractivity contribution in [2.24, 2.45) is 5.10 Å². The van der Waals surface area contributed by atoms with Crippen molar-refractivity contribution in [3.05, 3.63) is 75.6 Å². The summed E-state index contributed by atoms with van der Waals surface area (Å²) in [5.74, 6) is 1.30. The van der Waals surface area contributed by atoms with Crippen LogP contribution in [0.5, 0.6) is 17.2 Å². The zero-order valence-corrected chi connectivity index (χ0v) is 16.3. The van der Waals surface area contributed by atoms with Gasteiger partial charge in [0.25, 0.3) is 5.91 Å². The number of hydrogen-bond acceptors (Lipinski definition) is 8. The van der Waals surface area contributed by atoms with E-state index in [1.54, 1.807) is 36.4 Å². The van der Waals surface area contributed by atoms with Gasteiger partial charge in [-0.3, -0.25) is 19.6 Å². The predicted molar refractivity (Wildman–Crippen MR) is 109 cm³/mol. The molecule has 11 heteroatoms. The van der Waals surface area contributed by atoms with Gasteiger partial charge in [-0.2, -0.15) is 10.2 Å². The Balaban J connectivity index is 1.45. The third kappa shape index (κ3) is 4.45. The molecule has 1 aromatic heterocycles. The number of benzene rings is 2. The van der Waals surface area contributed by atoms with E-state index in [4.69, 9.17) is 14.2 Å². The van der Waals surface area contributed by atoms with Gasteiger partial charge >= 0.3 is 5.69 Å². The molecule has 3 aromatic rings. The molecule has 0 fully saturated rings. The number of nitrogens with zero attached hydrogens (tertiary/aromatic N) is 4. The van der Waals surface area contributed by atoms with E-state index in [-0.39, 0.29) is 19.0 Å². The van der Waals surface area contributed by atoms with Gasteiger partial charge in [0.15, 0.2) is 11.5 Å². The van der Waals surface area contributed by atoms with Crippen LogP contribution in [-0.4, -0.2) is 40.7 Å². The summed E-state index contributed by atoms with van der Waals surface area (Å²) in [4.78, 5) is 22.6. The Morgan fingerprint density at radius 1 is 1.32 bits per heavy atom. The molecule has 11 nitrogen and oxygen atoms in total. The Kier molecular flexibility index (Phi) is 5.47. The third-order valence-corrected chi connectivity index (χ3v) is 4.48. The van der Waals surface area contributed by atoms with Crippen molar-refractivity contribution in [1.82, 2.24) is 15.2 Å². The highest BCUT2D eigenvalue weighted by Gasteiger charge is 2.16. The van der Waals surface area contributed by atoms with Crippen LogP contribution in [0.1, 0.15) is 21.5 Å². The molecule has 1 aliphatic heterocycles. The zero-order valence-electron chi connectivity index (χ0n) is 16.3. The highest BCUT2D eigenvalue weighted by atomic mass is 16.7. The summed E-state index contributed by atoms with van der Waals surface area (Å²) in [5, 5.41) is 18.8. The number of amides is 1. The second-order valence-corrected chi connectivity index (χ2v) is 6.49. The summed E-state index contributed by atoms with van der Waals surface area (Å²) in [7, 11) is 1.53. The molecular weight excluding hydrogens is 406 g/mol. The minimum atomic E-state index is -0.507. The number of aromatic nitrogens is 2. The second kappa shape index (κ2) is 8.53. The molecule has 0 atom stereocenters. The molecule has 0 bridgehead atoms. The number of hydrogen-bond donors (Lipinski definition) is 1. The number of carbonyl (C=O) groups excluding carboxylic acids is 1. The highest BCUT2D eigenvalue weighted by Crippen LogP contribution is 2.32. The topological polar surface area (TPSA) is 130 Å². The van der Waals surface area contributed by atoms with Crippen molar-refractivity contribution in [1.29, 1.82) is 0 Å². The van der Waals surface area contributed by atoms with E-state index in [1.807, 2.05) is 0 Å². The summed E-state index contributed by atoms with van der Waals surface area (Å²) in [6.07, 6.45) is 4.01. The van der Waals surface area contributed by atoms with Crippen molar-refractivity contribution >= 4 is 17.8 Å². The number of carbonyl (C=O) groups is 1. The van der Waals surface area contributed by atoms with Crippen LogP contribution in [0.15, 0.2) is 53.9 Å². The Morgan fingerprint density at radius 3 is 2.94 bits per heavy atom. The number of rotatable bonds is 7. The third-order valence-electron chi connectivity index (χ3n) is 4.48. The standard InChI is InChI=1S/C20H17N5O6/c1-29-17-4-2-13(6-15(17)10-24-11-16(9-22-24)25(27)28)8-21-23-20(26)14-3-5-18-19(7-14)31-12-30-18/h2-9,11H,10,12H2,1H3,(H,23,26). The average Bonchev–Trinajstić information content (AvgIpc) is 3.43. The molecule has 1 amide bonds. The van der Waals surface area contributed by atoms with Gasteiger partial charge in [0.05, 0.1) is 24.8 Å². The number of methoxy groups -OCH3 is 1. The lowest BCUT2D eigenvalue weighted by Gasteiger charge is -2.09. The van der Waals surface area contributed by atoms with Crippen LogP contribution in [0.3, 0.4) is 0 Å². The van der Waals surface area contributed by atoms with Gasteiger partial charge in [-0.25, -0.2) is 5.43 Å². The number of hydrazone groups is 1. The SMILES string of the molecule is COc1ccc(C=NNC(=O)c2ccc3c(c2)OCO3)cc1Cn1cc([N+](=O)[O-])cn1. The number of ether oxygens (including phenoxy) is 3. The normalized spacial score (nSPS) is 12.2. The zero-order chi connectivity index (χ0) is 21.8. The highest BCUT2D eigenvalue weighted by molar-refractivity contribution is 5.95. The van der Waals surface area contributed by atoms with Gasteiger partial charge < -0.3 is 14.2 Å². The Labute approximate surface area is 176 Å². The molecule has 0 aliphatic carbocycles. The molecule has 0 unspecified atom stereocenters. The Morgan fingerprint density at radius 2 is 2.16 bits per heavy atom. The first-order valence-electron chi connectivity index (χ1n) is 9.10. The maximum atomic E-state index is 12.3. The summed E-state index contributed by atoms with van der Waals surface area (Å²) in [6.45, 7) is 0.395. The monoisotopic (exact) mass is 423 g/mol. The van der Waals surface area contributed by atoms with Crippen molar-refractivity contribution in [2.75, 3.05) is 13.9 Å². The van der Waals surface area contributed by atoms with E-state index in [0.29, 0.717) is 28.4 Å². The van der Waals surface area contributed by atoms with Gasteiger partial charge in [-0.05, 0) is 42.0 Å². The lowest BCUT2D eigenvalue weighted by molar-refractivity contribution is -0.385. The fourth-order valence-electron chi connectivity index (χ4n) is 2.98. The molecular formula is C20H17N5O6. The first-order chi connectivity index (χ1) is 15.0. The van der Waals surface area contributed by atoms with Crippen LogP contribution in [0.4, 0.5) is 5.69 Å². The predicted octanol–water partition coefficient (Wildman–Crippen LogP) is 2.34. The van der Waals surface area contributed by atoms with E-state index in [0.717, 1.165) is 5.56 Å². The molecule has 0 radical (unpaired) electrons. The van der Waals surface area contributed by atoms with Crippen molar-refractivity contribution in [3.63, 3.8) is 0 Å². The maximum absolute atomic E-state index is 12.3. The van der Waals surface area contributed by atoms with Crippen LogP contribution >= 0.6 is 0 Å². The van der Waals surface area contributed by atoms with Gasteiger partial charge in [-0.15, -0.1) is 0 Å². The maximum Gasteiger partial charge on any atom is 0.307 e. The fraction of sp³-hybridized carbons (Fsp3) is 0.150. The molecule has 2 heterocycles. The van der Waals surface area contributed by atoms with Crippen molar-refractivity contribution in [2.45, 2.75) is 6.54 Å². The molecule has 2 aromatic carbocycles. The minimum Gasteiger partial charge on any atom is -0.496 e. The van der Waals surface area contributed by atoms with Crippen LogP contribution in [0.2, 0.25) is 0 Å². The minimum absolute atomic E-state index is 0.0945. The molecule has 31 heavy (non-hydrogen) atoms. The summed E-state index contributed by atoms with van der Waals surface area (Å²) in [6, 6.07) is 10.2. The lowest BCUT2D eigenvalue weighted by Crippen LogP contribution is -2.17. The molecule has 0 saturated carbocycles. The van der Waals surface area contributed by atoms with Crippen molar-refractivity contribution in [3.8, 4) is 17.2 Å². The van der Waals surface area contributed by atoms with Gasteiger partial charge in [0, 0.05) is 11.1 Å². The summed E-state index contributed by atoms with van der Waals surface area (Å²) in [5.41, 5.74) is 4.19. The van der Waals surface area contributed by atoms with Gasteiger partial charge in [-0.1, -0.05) is 0 Å². The Hall–Kier alpha value is -4.41. The van der Waals surface area contributed by atoms with Gasteiger partial charge in [0.2, 0.25) is 6.79 Å². The molecule has 1 aliphatic rings. The summed E-state index contributed by atoms with van der Waals surface area (Å²) >= 11 is 0. The van der Waals surface area contributed by atoms with E-state index < -0.39 is 10.8 Å². The average molecular weight is 423 g/mol. The van der Waals surface area contributed by atoms with E-state index in [2.05, 4.69) is 15.6 Å². The smallest absolute Gasteiger partial charge is 0.307 e. The van der Waals surface area contributed by atoms with Gasteiger partial charge in [0.1, 0.15) is 18.1 Å². The molecule has 1 N–H and O–H groups in total. The lowest BCUT2D eigenvalue weighted by atomic mass is 10.1.